The lowest BCUT2D eigenvalue weighted by Crippen LogP contribution is -1.82. The average molecular weight is 337 g/mol. The molecule has 0 bridgehead atoms. The second-order valence-corrected chi connectivity index (χ2v) is 6.05. The van der Waals surface area contributed by atoms with Gasteiger partial charge in [0.05, 0.1) is 0 Å². The molecule has 3 aromatic carbocycles. The van der Waals surface area contributed by atoms with Gasteiger partial charge in [0.15, 0.2) is 0 Å². The second kappa shape index (κ2) is 6.28. The summed E-state index contributed by atoms with van der Waals surface area (Å²) < 4.78 is 1.11. The van der Waals surface area contributed by atoms with Crippen LogP contribution in [0.2, 0.25) is 0 Å². The number of aryl methyl sites for hydroxylation is 1. The first-order valence-electron chi connectivity index (χ1n) is 7.21. The minimum absolute atomic E-state index is 1.09. The van der Waals surface area contributed by atoms with Gasteiger partial charge in [-0.15, -0.1) is 0 Å². The van der Waals surface area contributed by atoms with Crippen LogP contribution in [0.1, 0.15) is 12.5 Å². The van der Waals surface area contributed by atoms with Gasteiger partial charge in [-0.05, 0) is 46.4 Å². The molecule has 0 aromatic heterocycles. The molecular weight excluding hydrogens is 320 g/mol. The van der Waals surface area contributed by atoms with Crippen LogP contribution < -0.4 is 0 Å². The van der Waals surface area contributed by atoms with Crippen molar-refractivity contribution < 1.29 is 0 Å². The normalized spacial score (nSPS) is 10.6. The van der Waals surface area contributed by atoms with E-state index in [1.807, 2.05) is 6.07 Å². The fourth-order valence-electron chi connectivity index (χ4n) is 2.46. The minimum Gasteiger partial charge on any atom is -0.0613 e. The van der Waals surface area contributed by atoms with E-state index in [0.717, 1.165) is 10.9 Å². The molecule has 3 rings (SSSR count). The average Bonchev–Trinajstić information content (AvgIpc) is 2.55. The van der Waals surface area contributed by atoms with Gasteiger partial charge >= 0.3 is 0 Å². The Bertz CT molecular complexity index is 725. The van der Waals surface area contributed by atoms with Gasteiger partial charge in [0, 0.05) is 4.47 Å². The Morgan fingerprint density at radius 3 is 1.71 bits per heavy atom. The SMILES string of the molecule is CCc1ccc(-c2ccc(-c3cccc(Br)c3)cc2)cc1. The van der Waals surface area contributed by atoms with Crippen LogP contribution in [0.4, 0.5) is 0 Å². The molecule has 104 valence electrons. The lowest BCUT2D eigenvalue weighted by atomic mass is 9.99. The largest absolute Gasteiger partial charge is 0.0613 e. The monoisotopic (exact) mass is 336 g/mol. The highest BCUT2D eigenvalue weighted by Gasteiger charge is 2.01. The predicted molar refractivity (Wildman–Crippen MR) is 94.4 cm³/mol. The summed E-state index contributed by atoms with van der Waals surface area (Å²) in [7, 11) is 0. The molecule has 0 radical (unpaired) electrons. The Morgan fingerprint density at radius 1 is 0.667 bits per heavy atom. The highest BCUT2D eigenvalue weighted by molar-refractivity contribution is 9.10. The van der Waals surface area contributed by atoms with E-state index in [0.29, 0.717) is 0 Å². The van der Waals surface area contributed by atoms with Crippen molar-refractivity contribution in [1.82, 2.24) is 0 Å². The van der Waals surface area contributed by atoms with Crippen LogP contribution in [0.25, 0.3) is 22.3 Å². The Labute approximate surface area is 134 Å². The van der Waals surface area contributed by atoms with Gasteiger partial charge in [0.25, 0.3) is 0 Å². The summed E-state index contributed by atoms with van der Waals surface area (Å²) in [6.45, 7) is 2.18. The molecule has 0 aliphatic rings. The molecule has 21 heavy (non-hydrogen) atoms. The Hall–Kier alpha value is -1.86. The maximum atomic E-state index is 3.52. The Kier molecular flexibility index (Phi) is 4.21. The summed E-state index contributed by atoms with van der Waals surface area (Å²) in [5.74, 6) is 0. The smallest absolute Gasteiger partial charge is 0.0181 e. The van der Waals surface area contributed by atoms with E-state index in [9.17, 15) is 0 Å². The zero-order chi connectivity index (χ0) is 14.7. The fraction of sp³-hybridized carbons (Fsp3) is 0.100. The molecule has 0 aliphatic heterocycles. The molecular formula is C20H17Br. The van der Waals surface area contributed by atoms with Gasteiger partial charge in [-0.2, -0.15) is 0 Å². The summed E-state index contributed by atoms with van der Waals surface area (Å²) in [6, 6.07) is 26.0. The van der Waals surface area contributed by atoms with Gasteiger partial charge in [0.2, 0.25) is 0 Å². The fourth-order valence-corrected chi connectivity index (χ4v) is 2.86. The van der Waals surface area contributed by atoms with Crippen LogP contribution in [0, 0.1) is 0 Å². The molecule has 0 fully saturated rings. The summed E-state index contributed by atoms with van der Waals surface area (Å²) in [6.07, 6.45) is 1.09. The standard InChI is InChI=1S/C20H17Br/c1-2-15-6-8-16(9-7-15)17-10-12-18(13-11-17)19-4-3-5-20(21)14-19/h3-14H,2H2,1H3. The van der Waals surface area contributed by atoms with Crippen LogP contribution in [0.3, 0.4) is 0 Å². The number of benzene rings is 3. The molecule has 0 unspecified atom stereocenters. The molecule has 3 aromatic rings. The van der Waals surface area contributed by atoms with Crippen molar-refractivity contribution in [2.45, 2.75) is 13.3 Å². The molecule has 0 heterocycles. The van der Waals surface area contributed by atoms with Crippen molar-refractivity contribution >= 4 is 15.9 Å². The number of hydrogen-bond acceptors (Lipinski definition) is 0. The van der Waals surface area contributed by atoms with Crippen molar-refractivity contribution in [3.05, 3.63) is 82.8 Å². The lowest BCUT2D eigenvalue weighted by molar-refractivity contribution is 1.14. The summed E-state index contributed by atoms with van der Waals surface area (Å²) >= 11 is 3.52. The molecule has 0 amide bonds. The third-order valence-electron chi connectivity index (χ3n) is 3.74. The minimum atomic E-state index is 1.09. The zero-order valence-electron chi connectivity index (χ0n) is 12.0. The number of halogens is 1. The van der Waals surface area contributed by atoms with Crippen molar-refractivity contribution in [3.63, 3.8) is 0 Å². The van der Waals surface area contributed by atoms with E-state index in [1.54, 1.807) is 0 Å². The van der Waals surface area contributed by atoms with Crippen molar-refractivity contribution in [2.75, 3.05) is 0 Å². The van der Waals surface area contributed by atoms with Gasteiger partial charge in [-0.25, -0.2) is 0 Å². The van der Waals surface area contributed by atoms with Gasteiger partial charge < -0.3 is 0 Å². The van der Waals surface area contributed by atoms with Crippen LogP contribution in [0.15, 0.2) is 77.3 Å². The maximum Gasteiger partial charge on any atom is 0.0181 e. The van der Waals surface area contributed by atoms with E-state index < -0.39 is 0 Å². The lowest BCUT2D eigenvalue weighted by Gasteiger charge is -2.06. The molecule has 0 atom stereocenters. The molecule has 0 spiro atoms. The van der Waals surface area contributed by atoms with E-state index in [4.69, 9.17) is 0 Å². The van der Waals surface area contributed by atoms with Crippen molar-refractivity contribution in [3.8, 4) is 22.3 Å². The highest BCUT2D eigenvalue weighted by Crippen LogP contribution is 2.26. The first-order chi connectivity index (χ1) is 10.3. The highest BCUT2D eigenvalue weighted by atomic mass is 79.9. The summed E-state index contributed by atoms with van der Waals surface area (Å²) in [4.78, 5) is 0. The molecule has 0 aliphatic carbocycles. The summed E-state index contributed by atoms with van der Waals surface area (Å²) in [5, 5.41) is 0. The maximum absolute atomic E-state index is 3.52. The molecule has 0 N–H and O–H groups in total. The van der Waals surface area contributed by atoms with Crippen LogP contribution in [0.5, 0.6) is 0 Å². The third kappa shape index (κ3) is 3.25. The van der Waals surface area contributed by atoms with E-state index >= 15 is 0 Å². The van der Waals surface area contributed by atoms with Gasteiger partial charge in [-0.1, -0.05) is 83.5 Å². The molecule has 0 nitrogen and oxygen atoms in total. The van der Waals surface area contributed by atoms with Crippen LogP contribution in [-0.2, 0) is 6.42 Å². The number of hydrogen-bond donors (Lipinski definition) is 0. The molecule has 0 saturated heterocycles. The van der Waals surface area contributed by atoms with E-state index in [1.165, 1.54) is 27.8 Å². The van der Waals surface area contributed by atoms with Gasteiger partial charge in [-0.3, -0.25) is 0 Å². The first-order valence-corrected chi connectivity index (χ1v) is 8.01. The van der Waals surface area contributed by atoms with Crippen LogP contribution >= 0.6 is 15.9 Å². The third-order valence-corrected chi connectivity index (χ3v) is 4.23. The van der Waals surface area contributed by atoms with E-state index in [2.05, 4.69) is 89.6 Å². The Balaban J connectivity index is 1.89. The molecule has 0 saturated carbocycles. The van der Waals surface area contributed by atoms with Gasteiger partial charge in [0.1, 0.15) is 0 Å². The second-order valence-electron chi connectivity index (χ2n) is 5.14. The number of rotatable bonds is 3. The molecule has 1 heteroatoms. The van der Waals surface area contributed by atoms with Crippen molar-refractivity contribution in [2.24, 2.45) is 0 Å². The zero-order valence-corrected chi connectivity index (χ0v) is 13.6. The first kappa shape index (κ1) is 14.1. The van der Waals surface area contributed by atoms with Crippen molar-refractivity contribution in [1.29, 1.82) is 0 Å². The Morgan fingerprint density at radius 2 is 1.19 bits per heavy atom. The topological polar surface area (TPSA) is 0 Å². The predicted octanol–water partition coefficient (Wildman–Crippen LogP) is 6.35. The van der Waals surface area contributed by atoms with E-state index in [-0.39, 0.29) is 0 Å². The quantitative estimate of drug-likeness (QED) is 0.523. The van der Waals surface area contributed by atoms with Crippen LogP contribution in [-0.4, -0.2) is 0 Å². The summed E-state index contributed by atoms with van der Waals surface area (Å²) in [5.41, 5.74) is 6.39.